The van der Waals surface area contributed by atoms with Gasteiger partial charge in [0, 0.05) is 11.6 Å². The molecular weight excluding hydrogens is 325 g/mol. The molecule has 2 heterocycles. The largest absolute Gasteiger partial charge is 0.378 e. The molecule has 0 saturated carbocycles. The number of nitrogens with zero attached hydrogens (tertiary/aromatic N) is 2. The van der Waals surface area contributed by atoms with Crippen LogP contribution in [0.15, 0.2) is 22.7 Å². The lowest BCUT2D eigenvalue weighted by Crippen LogP contribution is -2.35. The molecule has 1 saturated heterocycles. The Morgan fingerprint density at radius 3 is 2.85 bits per heavy atom. The summed E-state index contributed by atoms with van der Waals surface area (Å²) in [6.07, 6.45) is 0. The number of hydrogen-bond donors (Lipinski definition) is 1. The Morgan fingerprint density at radius 2 is 2.15 bits per heavy atom. The number of nitrogens with one attached hydrogen (secondary N) is 1. The lowest BCUT2D eigenvalue weighted by atomic mass is 10.2. The molecule has 1 aliphatic heterocycles. The Bertz CT molecular complexity index is 585. The summed E-state index contributed by atoms with van der Waals surface area (Å²) in [5.74, 6) is 0.949. The van der Waals surface area contributed by atoms with Crippen LogP contribution in [0.25, 0.3) is 11.5 Å². The van der Waals surface area contributed by atoms with Crippen LogP contribution in [-0.2, 0) is 4.74 Å². The molecule has 20 heavy (non-hydrogen) atoms. The number of hydrogen-bond acceptors (Lipinski definition) is 5. The van der Waals surface area contributed by atoms with Gasteiger partial charge in [0.15, 0.2) is 5.82 Å². The topological polar surface area (TPSA) is 60.2 Å². The first-order valence-corrected chi connectivity index (χ1v) is 6.60. The number of ether oxygens (including phenoxy) is 1. The molecule has 0 amide bonds. The zero-order chi connectivity index (χ0) is 13.2. The Labute approximate surface area is 132 Å². The summed E-state index contributed by atoms with van der Waals surface area (Å²) in [5.41, 5.74) is 0.668. The Kier molecular flexibility index (Phi) is 5.23. The van der Waals surface area contributed by atoms with Gasteiger partial charge in [-0.05, 0) is 18.2 Å². The Morgan fingerprint density at radius 1 is 1.30 bits per heavy atom. The lowest BCUT2D eigenvalue weighted by Gasteiger charge is -2.20. The second-order valence-electron chi connectivity index (χ2n) is 4.16. The molecule has 1 unspecified atom stereocenters. The van der Waals surface area contributed by atoms with Gasteiger partial charge in [0.25, 0.3) is 5.89 Å². The van der Waals surface area contributed by atoms with Crippen LogP contribution in [0.2, 0.25) is 10.0 Å². The van der Waals surface area contributed by atoms with Gasteiger partial charge in [-0.25, -0.2) is 0 Å². The molecule has 1 aliphatic rings. The van der Waals surface area contributed by atoms with Crippen LogP contribution in [0.1, 0.15) is 11.9 Å². The van der Waals surface area contributed by atoms with E-state index in [1.54, 1.807) is 18.2 Å². The number of aromatic nitrogens is 2. The smallest absolute Gasteiger partial charge is 0.259 e. The minimum Gasteiger partial charge on any atom is -0.378 e. The summed E-state index contributed by atoms with van der Waals surface area (Å²) in [4.78, 5) is 4.35. The van der Waals surface area contributed by atoms with E-state index in [4.69, 9.17) is 32.5 Å². The minimum absolute atomic E-state index is 0. The summed E-state index contributed by atoms with van der Waals surface area (Å²) in [6.45, 7) is 2.01. The molecule has 1 atom stereocenters. The molecule has 0 bridgehead atoms. The zero-order valence-corrected chi connectivity index (χ0v) is 12.6. The average Bonchev–Trinajstić information content (AvgIpc) is 2.89. The second-order valence-corrected chi connectivity index (χ2v) is 5.01. The molecule has 1 fully saturated rings. The van der Waals surface area contributed by atoms with Crippen LogP contribution in [0.3, 0.4) is 0 Å². The Balaban J connectivity index is 0.00000147. The van der Waals surface area contributed by atoms with Gasteiger partial charge in [0.2, 0.25) is 0 Å². The van der Waals surface area contributed by atoms with Crippen molar-refractivity contribution in [3.8, 4) is 11.5 Å². The van der Waals surface area contributed by atoms with Crippen LogP contribution in [-0.4, -0.2) is 29.9 Å². The van der Waals surface area contributed by atoms with Crippen molar-refractivity contribution in [3.63, 3.8) is 0 Å². The van der Waals surface area contributed by atoms with Crippen molar-refractivity contribution in [2.75, 3.05) is 19.8 Å². The summed E-state index contributed by atoms with van der Waals surface area (Å²) in [6, 6.07) is 5.09. The molecule has 0 radical (unpaired) electrons. The van der Waals surface area contributed by atoms with Crippen molar-refractivity contribution >= 4 is 35.6 Å². The fourth-order valence-electron chi connectivity index (χ4n) is 1.88. The van der Waals surface area contributed by atoms with Gasteiger partial charge in [-0.2, -0.15) is 4.98 Å². The van der Waals surface area contributed by atoms with Gasteiger partial charge in [-0.1, -0.05) is 28.4 Å². The normalized spacial score (nSPS) is 18.6. The lowest BCUT2D eigenvalue weighted by molar-refractivity contribution is 0.0734. The summed E-state index contributed by atoms with van der Waals surface area (Å²) in [5, 5.41) is 8.27. The van der Waals surface area contributed by atoms with Gasteiger partial charge in [0.05, 0.1) is 29.8 Å². The number of benzene rings is 1. The van der Waals surface area contributed by atoms with Gasteiger partial charge in [-0.3, -0.25) is 0 Å². The highest BCUT2D eigenvalue weighted by Crippen LogP contribution is 2.29. The number of rotatable bonds is 2. The van der Waals surface area contributed by atoms with Crippen LogP contribution in [0, 0.1) is 0 Å². The number of halogens is 3. The maximum absolute atomic E-state index is 6.11. The standard InChI is InChI=1S/C12H11Cl2N3O2.ClH/c13-7-1-2-8(9(14)5-7)12-16-11(17-19-12)10-6-18-4-3-15-10;/h1-2,5,10,15H,3-4,6H2;1H. The molecule has 0 aliphatic carbocycles. The van der Waals surface area contributed by atoms with Crippen molar-refractivity contribution in [1.82, 2.24) is 15.5 Å². The van der Waals surface area contributed by atoms with Crippen LogP contribution >= 0.6 is 35.6 Å². The molecule has 8 heteroatoms. The van der Waals surface area contributed by atoms with Crippen molar-refractivity contribution in [3.05, 3.63) is 34.1 Å². The Hall–Kier alpha value is -0.850. The third-order valence-electron chi connectivity index (χ3n) is 2.84. The molecule has 5 nitrogen and oxygen atoms in total. The predicted molar refractivity (Wildman–Crippen MR) is 78.6 cm³/mol. The molecule has 3 rings (SSSR count). The number of morpholine rings is 1. The summed E-state index contributed by atoms with van der Waals surface area (Å²) < 4.78 is 10.6. The fourth-order valence-corrected chi connectivity index (χ4v) is 2.37. The molecule has 1 aromatic carbocycles. The summed E-state index contributed by atoms with van der Waals surface area (Å²) in [7, 11) is 0. The van der Waals surface area contributed by atoms with Crippen LogP contribution in [0.5, 0.6) is 0 Å². The van der Waals surface area contributed by atoms with E-state index in [0.717, 1.165) is 6.54 Å². The maximum atomic E-state index is 6.11. The van der Waals surface area contributed by atoms with E-state index >= 15 is 0 Å². The van der Waals surface area contributed by atoms with E-state index in [1.165, 1.54) is 0 Å². The molecular formula is C12H12Cl3N3O2. The molecule has 108 valence electrons. The average molecular weight is 337 g/mol. The van der Waals surface area contributed by atoms with E-state index in [9.17, 15) is 0 Å². The van der Waals surface area contributed by atoms with Crippen LogP contribution in [0.4, 0.5) is 0 Å². The van der Waals surface area contributed by atoms with E-state index in [-0.39, 0.29) is 18.4 Å². The first kappa shape index (κ1) is 15.5. The van der Waals surface area contributed by atoms with Crippen molar-refractivity contribution in [1.29, 1.82) is 0 Å². The van der Waals surface area contributed by atoms with Crippen molar-refractivity contribution in [2.24, 2.45) is 0 Å². The monoisotopic (exact) mass is 335 g/mol. The third kappa shape index (κ3) is 3.24. The van der Waals surface area contributed by atoms with Crippen LogP contribution < -0.4 is 5.32 Å². The highest BCUT2D eigenvalue weighted by molar-refractivity contribution is 6.36. The quantitative estimate of drug-likeness (QED) is 0.913. The third-order valence-corrected chi connectivity index (χ3v) is 3.38. The van der Waals surface area contributed by atoms with E-state index in [0.29, 0.717) is 40.5 Å². The zero-order valence-electron chi connectivity index (χ0n) is 10.3. The summed E-state index contributed by atoms with van der Waals surface area (Å²) >= 11 is 12.0. The predicted octanol–water partition coefficient (Wildman–Crippen LogP) is 3.13. The highest BCUT2D eigenvalue weighted by atomic mass is 35.5. The molecule has 2 aromatic rings. The second kappa shape index (κ2) is 6.74. The SMILES string of the molecule is Cl.Clc1ccc(-c2nc(C3COCCN3)no2)c(Cl)c1. The molecule has 1 aromatic heterocycles. The van der Waals surface area contributed by atoms with Gasteiger partial charge in [-0.15, -0.1) is 12.4 Å². The molecule has 0 spiro atoms. The van der Waals surface area contributed by atoms with Gasteiger partial charge in [0.1, 0.15) is 0 Å². The maximum Gasteiger partial charge on any atom is 0.259 e. The first-order valence-electron chi connectivity index (χ1n) is 5.84. The van der Waals surface area contributed by atoms with E-state index in [1.807, 2.05) is 0 Å². The van der Waals surface area contributed by atoms with Crippen molar-refractivity contribution in [2.45, 2.75) is 6.04 Å². The van der Waals surface area contributed by atoms with E-state index < -0.39 is 0 Å². The molecule has 1 N–H and O–H groups in total. The fraction of sp³-hybridized carbons (Fsp3) is 0.333. The highest BCUT2D eigenvalue weighted by Gasteiger charge is 2.22. The van der Waals surface area contributed by atoms with Gasteiger partial charge < -0.3 is 14.6 Å². The minimum atomic E-state index is -0.0441. The first-order chi connectivity index (χ1) is 9.24. The van der Waals surface area contributed by atoms with Gasteiger partial charge >= 0.3 is 0 Å². The van der Waals surface area contributed by atoms with E-state index in [2.05, 4.69) is 15.5 Å². The van der Waals surface area contributed by atoms with Crippen molar-refractivity contribution < 1.29 is 9.26 Å².